The first-order valence-corrected chi connectivity index (χ1v) is 6.80. The third-order valence-corrected chi connectivity index (χ3v) is 3.19. The number of fused-ring (bicyclic) bond motifs is 1. The molecule has 1 atom stereocenters. The number of aromatic nitrogens is 4. The average molecular weight is 296 g/mol. The summed E-state index contributed by atoms with van der Waals surface area (Å²) in [6.45, 7) is 2.29. The highest BCUT2D eigenvalue weighted by Crippen LogP contribution is 2.21. The van der Waals surface area contributed by atoms with Crippen molar-refractivity contribution in [1.82, 2.24) is 19.8 Å². The van der Waals surface area contributed by atoms with Crippen LogP contribution in [0.4, 0.5) is 10.2 Å². The number of anilines is 1. The van der Waals surface area contributed by atoms with E-state index >= 15 is 0 Å². The normalized spacial score (nSPS) is 12.0. The molecule has 2 heterocycles. The first-order valence-electron chi connectivity index (χ1n) is 6.80. The monoisotopic (exact) mass is 296 g/mol. The molecule has 0 bridgehead atoms. The van der Waals surface area contributed by atoms with Crippen LogP contribution >= 0.6 is 0 Å². The molecule has 0 radical (unpaired) electrons. The van der Waals surface area contributed by atoms with Crippen molar-refractivity contribution in [1.29, 1.82) is 5.26 Å². The topological polar surface area (TPSA) is 78.9 Å². The zero-order valence-electron chi connectivity index (χ0n) is 11.9. The van der Waals surface area contributed by atoms with Crippen molar-refractivity contribution < 1.29 is 4.39 Å². The van der Waals surface area contributed by atoms with Crippen molar-refractivity contribution in [3.63, 3.8) is 0 Å². The van der Waals surface area contributed by atoms with Gasteiger partial charge in [-0.15, -0.1) is 15.3 Å². The number of hydrogen-bond donors (Lipinski definition) is 1. The number of halogens is 1. The van der Waals surface area contributed by atoms with E-state index in [1.165, 1.54) is 10.6 Å². The highest BCUT2D eigenvalue weighted by molar-refractivity contribution is 5.60. The Morgan fingerprint density at radius 1 is 1.27 bits per heavy atom. The molecule has 1 aromatic carbocycles. The molecule has 22 heavy (non-hydrogen) atoms. The van der Waals surface area contributed by atoms with Gasteiger partial charge in [-0.25, -0.2) is 4.39 Å². The van der Waals surface area contributed by atoms with Gasteiger partial charge in [0, 0.05) is 6.54 Å². The van der Waals surface area contributed by atoms with Crippen molar-refractivity contribution in [3.8, 4) is 17.5 Å². The first-order chi connectivity index (χ1) is 10.7. The molecule has 0 fully saturated rings. The maximum absolute atomic E-state index is 13.9. The minimum atomic E-state index is -0.380. The van der Waals surface area contributed by atoms with Crippen molar-refractivity contribution in [3.05, 3.63) is 42.2 Å². The fraction of sp³-hybridized carbons (Fsp3) is 0.200. The standard InChI is InChI=1S/C15H13FN6/c1-10(8-17)9-18-13-6-7-14-19-20-15(22(14)21-13)11-4-2-3-5-12(11)16/h2-7,10H,9H2,1H3,(H,18,21). The fourth-order valence-corrected chi connectivity index (χ4v) is 2.00. The van der Waals surface area contributed by atoms with Crippen LogP contribution in [-0.2, 0) is 0 Å². The van der Waals surface area contributed by atoms with E-state index in [0.717, 1.165) is 0 Å². The number of benzene rings is 1. The number of nitriles is 1. The molecule has 7 heteroatoms. The quantitative estimate of drug-likeness (QED) is 0.800. The third kappa shape index (κ3) is 2.59. The molecule has 0 saturated carbocycles. The fourth-order valence-electron chi connectivity index (χ4n) is 2.00. The lowest BCUT2D eigenvalue weighted by Crippen LogP contribution is -2.11. The average Bonchev–Trinajstić information content (AvgIpc) is 2.96. The maximum Gasteiger partial charge on any atom is 0.188 e. The lowest BCUT2D eigenvalue weighted by molar-refractivity contribution is 0.629. The van der Waals surface area contributed by atoms with E-state index in [1.807, 2.05) is 6.92 Å². The second-order valence-electron chi connectivity index (χ2n) is 4.90. The molecular formula is C15H13FN6. The molecule has 0 aliphatic heterocycles. The van der Waals surface area contributed by atoms with Crippen molar-refractivity contribution in [2.75, 3.05) is 11.9 Å². The van der Waals surface area contributed by atoms with E-state index in [0.29, 0.717) is 29.4 Å². The molecule has 0 spiro atoms. The van der Waals surface area contributed by atoms with Gasteiger partial charge < -0.3 is 5.32 Å². The summed E-state index contributed by atoms with van der Waals surface area (Å²) in [5.74, 6) is 0.400. The smallest absolute Gasteiger partial charge is 0.188 e. The molecule has 6 nitrogen and oxygen atoms in total. The molecule has 0 aliphatic rings. The van der Waals surface area contributed by atoms with Crippen LogP contribution < -0.4 is 5.32 Å². The number of rotatable bonds is 4. The van der Waals surface area contributed by atoms with Crippen molar-refractivity contribution in [2.45, 2.75) is 6.92 Å². The second kappa shape index (κ2) is 5.77. The summed E-state index contributed by atoms with van der Waals surface area (Å²) in [7, 11) is 0. The van der Waals surface area contributed by atoms with Gasteiger partial charge in [0.25, 0.3) is 0 Å². The van der Waals surface area contributed by atoms with E-state index in [9.17, 15) is 4.39 Å². The number of hydrogen-bond acceptors (Lipinski definition) is 5. The molecule has 3 aromatic rings. The van der Waals surface area contributed by atoms with Crippen molar-refractivity contribution >= 4 is 11.5 Å². The zero-order chi connectivity index (χ0) is 15.5. The van der Waals surface area contributed by atoms with E-state index < -0.39 is 0 Å². The zero-order valence-corrected chi connectivity index (χ0v) is 11.9. The van der Waals surface area contributed by atoms with E-state index in [4.69, 9.17) is 5.26 Å². The van der Waals surface area contributed by atoms with E-state index in [1.54, 1.807) is 30.3 Å². The number of nitrogens with zero attached hydrogens (tertiary/aromatic N) is 5. The molecular weight excluding hydrogens is 283 g/mol. The Morgan fingerprint density at radius 2 is 2.09 bits per heavy atom. The Hall–Kier alpha value is -3.01. The summed E-state index contributed by atoms with van der Waals surface area (Å²) in [5.41, 5.74) is 0.863. The van der Waals surface area contributed by atoms with Crippen molar-refractivity contribution in [2.24, 2.45) is 5.92 Å². The molecule has 1 unspecified atom stereocenters. The summed E-state index contributed by atoms with van der Waals surface area (Å²) in [6, 6.07) is 12.0. The summed E-state index contributed by atoms with van der Waals surface area (Å²) in [4.78, 5) is 0. The summed E-state index contributed by atoms with van der Waals surface area (Å²) < 4.78 is 15.4. The van der Waals surface area contributed by atoms with Crippen LogP contribution in [0, 0.1) is 23.1 Å². The Labute approximate surface area is 126 Å². The lowest BCUT2D eigenvalue weighted by atomic mass is 10.2. The van der Waals surface area contributed by atoms with Gasteiger partial charge in [0.2, 0.25) is 0 Å². The van der Waals surface area contributed by atoms with Crippen LogP contribution in [0.5, 0.6) is 0 Å². The lowest BCUT2D eigenvalue weighted by Gasteiger charge is -2.07. The van der Waals surface area contributed by atoms with Crippen LogP contribution in [-0.4, -0.2) is 26.4 Å². The predicted molar refractivity (Wildman–Crippen MR) is 79.4 cm³/mol. The van der Waals surface area contributed by atoms with Gasteiger partial charge in [-0.2, -0.15) is 9.78 Å². The van der Waals surface area contributed by atoms with Gasteiger partial charge in [0.1, 0.15) is 11.6 Å². The maximum atomic E-state index is 13.9. The predicted octanol–water partition coefficient (Wildman–Crippen LogP) is 2.50. The molecule has 1 N–H and O–H groups in total. The second-order valence-corrected chi connectivity index (χ2v) is 4.90. The van der Waals surface area contributed by atoms with E-state index in [2.05, 4.69) is 26.7 Å². The SMILES string of the molecule is CC(C#N)CNc1ccc2nnc(-c3ccccc3F)n2n1. The summed E-state index contributed by atoms with van der Waals surface area (Å²) in [6.07, 6.45) is 0. The largest absolute Gasteiger partial charge is 0.367 e. The molecule has 3 rings (SSSR count). The molecule has 0 amide bonds. The van der Waals surface area contributed by atoms with Gasteiger partial charge in [0.05, 0.1) is 17.6 Å². The Kier molecular flexibility index (Phi) is 3.66. The van der Waals surface area contributed by atoms with E-state index in [-0.39, 0.29) is 11.7 Å². The summed E-state index contributed by atoms with van der Waals surface area (Å²) >= 11 is 0. The van der Waals surface area contributed by atoms with Crippen LogP contribution in [0.3, 0.4) is 0 Å². The first kappa shape index (κ1) is 13.9. The van der Waals surface area contributed by atoms with Crippen LogP contribution in [0.1, 0.15) is 6.92 Å². The minimum absolute atomic E-state index is 0.135. The Morgan fingerprint density at radius 3 is 2.86 bits per heavy atom. The highest BCUT2D eigenvalue weighted by atomic mass is 19.1. The van der Waals surface area contributed by atoms with Gasteiger partial charge >= 0.3 is 0 Å². The van der Waals surface area contributed by atoms with Gasteiger partial charge in [-0.1, -0.05) is 12.1 Å². The highest BCUT2D eigenvalue weighted by Gasteiger charge is 2.13. The molecule has 2 aromatic heterocycles. The Balaban J connectivity index is 1.99. The molecule has 110 valence electrons. The molecule has 0 aliphatic carbocycles. The molecule has 0 saturated heterocycles. The van der Waals surface area contributed by atoms with Gasteiger partial charge in [-0.05, 0) is 31.2 Å². The Bertz CT molecular complexity index is 851. The van der Waals surface area contributed by atoms with Gasteiger partial charge in [-0.3, -0.25) is 0 Å². The van der Waals surface area contributed by atoms with Crippen LogP contribution in [0.15, 0.2) is 36.4 Å². The minimum Gasteiger partial charge on any atom is -0.367 e. The third-order valence-electron chi connectivity index (χ3n) is 3.19. The van der Waals surface area contributed by atoms with Crippen LogP contribution in [0.2, 0.25) is 0 Å². The number of nitrogens with one attached hydrogen (secondary N) is 1. The van der Waals surface area contributed by atoms with Gasteiger partial charge in [0.15, 0.2) is 11.5 Å². The summed E-state index contributed by atoms with van der Waals surface area (Å²) in [5, 5.41) is 24.2. The van der Waals surface area contributed by atoms with Crippen LogP contribution in [0.25, 0.3) is 17.0 Å².